The monoisotopic (exact) mass is 1320 g/mol. The maximum absolute atomic E-state index is 12.8. The molecule has 5 aliphatic rings. The number of aromatic nitrogens is 7. The van der Waals surface area contributed by atoms with Crippen LogP contribution in [0.1, 0.15) is 80.6 Å². The van der Waals surface area contributed by atoms with E-state index in [2.05, 4.69) is 85.3 Å². The normalized spacial score (nSPS) is 20.3. The van der Waals surface area contributed by atoms with E-state index in [0.29, 0.717) is 97.4 Å². The van der Waals surface area contributed by atoms with Crippen molar-refractivity contribution in [1.82, 2.24) is 34.9 Å². The number of nitrogens with two attached hydrogens (primary N) is 3. The van der Waals surface area contributed by atoms with Crippen LogP contribution in [0.2, 0.25) is 5.28 Å². The zero-order valence-corrected chi connectivity index (χ0v) is 55.2. The minimum atomic E-state index is -3.51. The second-order valence-electron chi connectivity index (χ2n) is 24.6. The van der Waals surface area contributed by atoms with Crippen molar-refractivity contribution in [2.75, 3.05) is 79.2 Å². The number of anilines is 5. The summed E-state index contributed by atoms with van der Waals surface area (Å²) in [5.41, 5.74) is 21.4. The van der Waals surface area contributed by atoms with Crippen molar-refractivity contribution in [2.24, 2.45) is 0 Å². The first-order valence-corrected chi connectivity index (χ1v) is 33.6. The van der Waals surface area contributed by atoms with Crippen LogP contribution in [0.25, 0.3) is 44.1 Å². The third kappa shape index (κ3) is 12.9. The molecule has 13 rings (SSSR count). The van der Waals surface area contributed by atoms with Gasteiger partial charge in [0.15, 0.2) is 48.6 Å². The lowest BCUT2D eigenvalue weighted by molar-refractivity contribution is 0.00578. The van der Waals surface area contributed by atoms with Crippen LogP contribution in [-0.2, 0) is 48.0 Å². The highest BCUT2D eigenvalue weighted by molar-refractivity contribution is 9.10. The van der Waals surface area contributed by atoms with Crippen molar-refractivity contribution in [3.8, 4) is 22.9 Å². The van der Waals surface area contributed by atoms with Crippen LogP contribution >= 0.6 is 27.5 Å². The molecule has 22 nitrogen and oxygen atoms in total. The first kappa shape index (κ1) is 64.2. The summed E-state index contributed by atoms with van der Waals surface area (Å²) in [6, 6.07) is 28.9. The van der Waals surface area contributed by atoms with Crippen LogP contribution < -0.4 is 41.9 Å². The van der Waals surface area contributed by atoms with E-state index in [-0.39, 0.29) is 47.8 Å². The van der Waals surface area contributed by atoms with Crippen LogP contribution in [0.5, 0.6) is 11.5 Å². The Balaban J connectivity index is 0.000000137. The fraction of sp³-hybridized carbons (Fsp3) is 0.426. The summed E-state index contributed by atoms with van der Waals surface area (Å²) in [6.07, 6.45) is 2.40. The molecule has 0 spiro atoms. The highest BCUT2D eigenvalue weighted by atomic mass is 79.9. The minimum absolute atomic E-state index is 0.00183. The standard InChI is InChI=1S/C23H27N5O4S.C15H19BN2O2.C14H20ClN3O4S.C9H7BrN2/c1-13-10-31-11-16-12-32-19-20(23(2,3)33(4,29)30)26-21(27-22(19)28(13)16)15-5-7-17-14(9-15)6-8-18(24)25-17;1-14(2)15(3,4)20-16(19-14)11-6-7-12-10(9-11)5-8-13(17)18-12;1-8-5-21-6-9-7-22-10-11(14(2,3)23(4,19)20)16-13(15)17-12(10)18(8)9;10-7-2-3-8-6(5-7)1-4-9(11)12-8/h5-9,13,16H,10-12H2,1-4H3,(H2,24,25);5-9H,1-4H3,(H2,17,18);8-9H,5-7H2,1-4H3;1-5H,(H2,11,12)/t13-,16+;;8-,9+;/m1.1./s1. The molecule has 10 heterocycles. The number of halogens is 2. The number of sulfone groups is 2. The third-order valence-corrected chi connectivity index (χ3v) is 21.7. The number of morpholine rings is 2. The van der Waals surface area contributed by atoms with Gasteiger partial charge in [0, 0.05) is 33.3 Å². The summed E-state index contributed by atoms with van der Waals surface area (Å²) < 4.78 is 83.8. The lowest BCUT2D eigenvalue weighted by Gasteiger charge is -2.45. The average molecular weight is 1320 g/mol. The SMILES string of the molecule is CC1(C)OB(c2ccc3nc(N)ccc3c2)OC1(C)C.C[C@@H]1COC[C@H]2COc3c(nc(-c4ccc5nc(N)ccc5c4)nc3C(C)(C)S(C)(=O)=O)N21.C[C@@H]1COC[C@H]2COc3c(nc(Cl)nc3C(C)(C)S(C)(=O)=O)N21.Nc1ccc2cc(Br)ccc2n1. The number of nitrogen functional groups attached to an aromatic ring is 3. The van der Waals surface area contributed by atoms with Gasteiger partial charge in [-0.05, 0) is 171 Å². The van der Waals surface area contributed by atoms with Crippen molar-refractivity contribution in [1.29, 1.82) is 0 Å². The number of ether oxygens (including phenoxy) is 4. The van der Waals surface area contributed by atoms with E-state index in [4.69, 9.17) is 67.0 Å². The smallest absolute Gasteiger partial charge is 0.486 e. The highest BCUT2D eigenvalue weighted by Gasteiger charge is 2.52. The summed E-state index contributed by atoms with van der Waals surface area (Å²) in [4.78, 5) is 35.2. The van der Waals surface area contributed by atoms with Gasteiger partial charge in [-0.2, -0.15) is 4.98 Å². The van der Waals surface area contributed by atoms with Crippen molar-refractivity contribution >= 4 is 122 Å². The number of nitrogens with zero attached hydrogens (tertiary/aromatic N) is 9. The quantitative estimate of drug-likeness (QED) is 0.104. The van der Waals surface area contributed by atoms with E-state index in [9.17, 15) is 16.8 Å². The molecule has 0 saturated carbocycles. The molecule has 8 aromatic rings. The van der Waals surface area contributed by atoms with Gasteiger partial charge in [-0.15, -0.1) is 0 Å². The maximum atomic E-state index is 12.8. The lowest BCUT2D eigenvalue weighted by atomic mass is 9.78. The molecule has 0 bridgehead atoms. The molecule has 0 amide bonds. The molecule has 27 heteroatoms. The maximum Gasteiger partial charge on any atom is 0.494 e. The molecule has 466 valence electrons. The third-order valence-electron chi connectivity index (χ3n) is 17.0. The summed E-state index contributed by atoms with van der Waals surface area (Å²) in [7, 11) is -7.27. The van der Waals surface area contributed by atoms with Gasteiger partial charge in [0.1, 0.15) is 51.5 Å². The van der Waals surface area contributed by atoms with Gasteiger partial charge >= 0.3 is 7.12 Å². The number of hydrogen-bond donors (Lipinski definition) is 3. The Hall–Kier alpha value is -6.78. The lowest BCUT2D eigenvalue weighted by Crippen LogP contribution is -2.56. The number of rotatable bonds is 6. The van der Waals surface area contributed by atoms with Crippen LogP contribution in [-0.4, -0.2) is 146 Å². The number of fused-ring (bicyclic) bond motifs is 9. The molecule has 5 aliphatic heterocycles. The van der Waals surface area contributed by atoms with E-state index in [0.717, 1.165) is 48.2 Å². The van der Waals surface area contributed by atoms with Crippen molar-refractivity contribution in [3.63, 3.8) is 0 Å². The van der Waals surface area contributed by atoms with Gasteiger partial charge in [-0.3, -0.25) is 0 Å². The van der Waals surface area contributed by atoms with Crippen LogP contribution in [0.15, 0.2) is 95.5 Å². The summed E-state index contributed by atoms with van der Waals surface area (Å²) in [6.45, 7) is 21.8. The van der Waals surface area contributed by atoms with E-state index < -0.39 is 29.2 Å². The summed E-state index contributed by atoms with van der Waals surface area (Å²) in [5, 5.41) is 3.03. The highest BCUT2D eigenvalue weighted by Crippen LogP contribution is 2.46. The largest absolute Gasteiger partial charge is 0.494 e. The molecule has 3 saturated heterocycles. The van der Waals surface area contributed by atoms with E-state index in [1.807, 2.05) is 79.7 Å². The molecule has 6 N–H and O–H groups in total. The van der Waals surface area contributed by atoms with Gasteiger partial charge in [-0.1, -0.05) is 28.1 Å². The first-order valence-electron chi connectivity index (χ1n) is 28.6. The number of hydrogen-bond acceptors (Lipinski definition) is 22. The van der Waals surface area contributed by atoms with Gasteiger partial charge in [0.05, 0.1) is 78.3 Å². The zero-order valence-electron chi connectivity index (χ0n) is 51.2. The molecule has 0 aliphatic carbocycles. The molecule has 5 aromatic heterocycles. The minimum Gasteiger partial charge on any atom is -0.486 e. The Morgan fingerprint density at radius 2 is 0.989 bits per heavy atom. The average Bonchev–Trinajstić information content (AvgIpc) is 0.924. The Morgan fingerprint density at radius 3 is 1.48 bits per heavy atom. The van der Waals surface area contributed by atoms with E-state index >= 15 is 0 Å². The van der Waals surface area contributed by atoms with Gasteiger partial charge in [0.2, 0.25) is 5.28 Å². The zero-order chi connectivity index (χ0) is 63.6. The van der Waals surface area contributed by atoms with E-state index in [1.54, 1.807) is 45.9 Å². The fourth-order valence-corrected chi connectivity index (χ4v) is 12.1. The predicted octanol–water partition coefficient (Wildman–Crippen LogP) is 8.63. The second-order valence-corrected chi connectivity index (χ2v) is 31.0. The molecule has 88 heavy (non-hydrogen) atoms. The van der Waals surface area contributed by atoms with Gasteiger partial charge in [0.25, 0.3) is 0 Å². The van der Waals surface area contributed by atoms with Crippen LogP contribution in [0, 0.1) is 0 Å². The number of benzene rings is 3. The molecular weight excluding hydrogens is 1250 g/mol. The summed E-state index contributed by atoms with van der Waals surface area (Å²) >= 11 is 9.48. The Kier molecular flexibility index (Phi) is 17.7. The van der Waals surface area contributed by atoms with Gasteiger partial charge in [-0.25, -0.2) is 46.7 Å². The molecule has 0 unspecified atom stereocenters. The van der Waals surface area contributed by atoms with Crippen LogP contribution in [0.4, 0.5) is 29.1 Å². The summed E-state index contributed by atoms with van der Waals surface area (Å²) in [5.74, 6) is 3.94. The second kappa shape index (κ2) is 24.2. The Bertz CT molecular complexity index is 4170. The fourth-order valence-electron chi connectivity index (χ4n) is 10.6. The Labute approximate surface area is 526 Å². The molecule has 4 atom stereocenters. The molecule has 3 fully saturated rings. The topological polar surface area (TPSA) is 298 Å². The molecular formula is C61H73BBrClN12O10S2. The molecule has 3 aromatic carbocycles. The predicted molar refractivity (Wildman–Crippen MR) is 350 cm³/mol. The first-order chi connectivity index (χ1) is 41.2. The number of pyridine rings is 3. The Morgan fingerprint density at radius 1 is 0.557 bits per heavy atom. The van der Waals surface area contributed by atoms with Gasteiger partial charge < -0.3 is 55.3 Å². The van der Waals surface area contributed by atoms with E-state index in [1.165, 1.54) is 12.5 Å². The molecule has 0 radical (unpaired) electrons. The van der Waals surface area contributed by atoms with Crippen molar-refractivity contribution < 1.29 is 45.1 Å². The van der Waals surface area contributed by atoms with Crippen molar-refractivity contribution in [2.45, 2.75) is 114 Å². The van der Waals surface area contributed by atoms with Crippen LogP contribution in [0.3, 0.4) is 0 Å². The van der Waals surface area contributed by atoms with Crippen molar-refractivity contribution in [3.05, 3.63) is 112 Å².